The van der Waals surface area contributed by atoms with Gasteiger partial charge >= 0.3 is 11.9 Å². The maximum Gasteiger partial charge on any atom is 0.343 e. The van der Waals surface area contributed by atoms with Crippen LogP contribution in [0, 0.1) is 13.8 Å². The highest BCUT2D eigenvalue weighted by molar-refractivity contribution is 5.93. The van der Waals surface area contributed by atoms with Crippen LogP contribution in [0.25, 0.3) is 0 Å². The molecule has 0 saturated carbocycles. The summed E-state index contributed by atoms with van der Waals surface area (Å²) in [4.78, 5) is 23.8. The van der Waals surface area contributed by atoms with Gasteiger partial charge in [-0.1, -0.05) is 17.7 Å². The van der Waals surface area contributed by atoms with Gasteiger partial charge in [0.1, 0.15) is 0 Å². The Balaban J connectivity index is 2.28. The number of hydrogen-bond acceptors (Lipinski definition) is 5. The lowest BCUT2D eigenvalue weighted by atomic mass is 10.1. The fourth-order valence-electron chi connectivity index (χ4n) is 2.19. The van der Waals surface area contributed by atoms with E-state index in [1.165, 1.54) is 32.4 Å². The molecule has 0 radical (unpaired) electrons. The maximum absolute atomic E-state index is 12.3. The lowest BCUT2D eigenvalue weighted by molar-refractivity contribution is 0.0600. The molecular formula is C18H18O5. The molecule has 0 unspecified atom stereocenters. The molecule has 2 rings (SSSR count). The zero-order chi connectivity index (χ0) is 17.0. The van der Waals surface area contributed by atoms with Crippen molar-refractivity contribution in [3.63, 3.8) is 0 Å². The van der Waals surface area contributed by atoms with E-state index in [2.05, 4.69) is 4.74 Å². The fourth-order valence-corrected chi connectivity index (χ4v) is 2.19. The van der Waals surface area contributed by atoms with E-state index in [0.717, 1.165) is 11.1 Å². The molecule has 0 aliphatic carbocycles. The molecular weight excluding hydrogens is 296 g/mol. The number of ether oxygens (including phenoxy) is 3. The molecule has 120 valence electrons. The van der Waals surface area contributed by atoms with E-state index in [1.807, 2.05) is 26.0 Å². The predicted molar refractivity (Wildman–Crippen MR) is 85.2 cm³/mol. The van der Waals surface area contributed by atoms with Gasteiger partial charge < -0.3 is 14.2 Å². The van der Waals surface area contributed by atoms with E-state index in [-0.39, 0.29) is 11.5 Å². The Kier molecular flexibility index (Phi) is 5.01. The second-order valence-corrected chi connectivity index (χ2v) is 5.07. The second kappa shape index (κ2) is 6.96. The van der Waals surface area contributed by atoms with Gasteiger partial charge in [0.05, 0.1) is 25.3 Å². The van der Waals surface area contributed by atoms with Crippen molar-refractivity contribution in [2.24, 2.45) is 0 Å². The summed E-state index contributed by atoms with van der Waals surface area (Å²) < 4.78 is 15.2. The van der Waals surface area contributed by atoms with Gasteiger partial charge in [0.25, 0.3) is 0 Å². The molecule has 0 bridgehead atoms. The molecule has 5 nitrogen and oxygen atoms in total. The van der Waals surface area contributed by atoms with E-state index < -0.39 is 11.9 Å². The number of carbonyl (C=O) groups excluding carboxylic acids is 2. The van der Waals surface area contributed by atoms with Gasteiger partial charge in [-0.15, -0.1) is 0 Å². The smallest absolute Gasteiger partial charge is 0.343 e. The number of benzene rings is 2. The highest BCUT2D eigenvalue weighted by atomic mass is 16.6. The molecule has 0 amide bonds. The number of methoxy groups -OCH3 is 2. The summed E-state index contributed by atoms with van der Waals surface area (Å²) in [6, 6.07) is 9.97. The van der Waals surface area contributed by atoms with Crippen molar-refractivity contribution in [3.8, 4) is 11.5 Å². The Morgan fingerprint density at radius 2 is 1.61 bits per heavy atom. The highest BCUT2D eigenvalue weighted by Crippen LogP contribution is 2.29. The summed E-state index contributed by atoms with van der Waals surface area (Å²) in [6.07, 6.45) is 0. The summed E-state index contributed by atoms with van der Waals surface area (Å²) in [5.74, 6) is -0.446. The van der Waals surface area contributed by atoms with E-state index in [4.69, 9.17) is 9.47 Å². The molecule has 0 fully saturated rings. The van der Waals surface area contributed by atoms with Gasteiger partial charge in [-0.05, 0) is 43.7 Å². The number of hydrogen-bond donors (Lipinski definition) is 0. The van der Waals surface area contributed by atoms with Crippen molar-refractivity contribution < 1.29 is 23.8 Å². The van der Waals surface area contributed by atoms with Gasteiger partial charge in [0, 0.05) is 0 Å². The van der Waals surface area contributed by atoms with Crippen LogP contribution in [0.3, 0.4) is 0 Å². The lowest BCUT2D eigenvalue weighted by Gasteiger charge is -2.11. The Morgan fingerprint density at radius 3 is 2.22 bits per heavy atom. The first kappa shape index (κ1) is 16.5. The highest BCUT2D eigenvalue weighted by Gasteiger charge is 2.16. The van der Waals surface area contributed by atoms with Crippen LogP contribution in [0.5, 0.6) is 11.5 Å². The molecule has 0 aliphatic rings. The summed E-state index contributed by atoms with van der Waals surface area (Å²) >= 11 is 0. The first-order chi connectivity index (χ1) is 11.0. The van der Waals surface area contributed by atoms with Crippen LogP contribution in [0.1, 0.15) is 31.8 Å². The van der Waals surface area contributed by atoms with Crippen molar-refractivity contribution in [1.82, 2.24) is 0 Å². The summed E-state index contributed by atoms with van der Waals surface area (Å²) in [6.45, 7) is 3.80. The Morgan fingerprint density at radius 1 is 0.870 bits per heavy atom. The van der Waals surface area contributed by atoms with Crippen LogP contribution < -0.4 is 9.47 Å². The Labute approximate surface area is 134 Å². The van der Waals surface area contributed by atoms with E-state index in [9.17, 15) is 9.59 Å². The summed E-state index contributed by atoms with van der Waals surface area (Å²) in [5, 5.41) is 0. The molecule has 23 heavy (non-hydrogen) atoms. The third kappa shape index (κ3) is 3.69. The minimum Gasteiger partial charge on any atom is -0.493 e. The monoisotopic (exact) mass is 314 g/mol. The first-order valence-corrected chi connectivity index (χ1v) is 7.02. The third-order valence-electron chi connectivity index (χ3n) is 3.39. The molecule has 0 spiro atoms. The third-order valence-corrected chi connectivity index (χ3v) is 3.39. The summed E-state index contributed by atoms with van der Waals surface area (Å²) in [5.41, 5.74) is 2.70. The van der Waals surface area contributed by atoms with Crippen molar-refractivity contribution in [2.75, 3.05) is 14.2 Å². The van der Waals surface area contributed by atoms with Gasteiger partial charge in [-0.3, -0.25) is 0 Å². The van der Waals surface area contributed by atoms with Crippen LogP contribution in [0.2, 0.25) is 0 Å². The zero-order valence-electron chi connectivity index (χ0n) is 13.5. The molecule has 0 atom stereocenters. The molecule has 0 aliphatic heterocycles. The van der Waals surface area contributed by atoms with Crippen LogP contribution in [0.4, 0.5) is 0 Å². The Hall–Kier alpha value is -2.82. The van der Waals surface area contributed by atoms with Crippen molar-refractivity contribution in [3.05, 3.63) is 58.7 Å². The second-order valence-electron chi connectivity index (χ2n) is 5.07. The van der Waals surface area contributed by atoms with Crippen molar-refractivity contribution in [1.29, 1.82) is 0 Å². The van der Waals surface area contributed by atoms with Gasteiger partial charge in [0.15, 0.2) is 11.5 Å². The van der Waals surface area contributed by atoms with E-state index in [1.54, 1.807) is 6.07 Å². The van der Waals surface area contributed by atoms with Crippen molar-refractivity contribution >= 4 is 11.9 Å². The minimum absolute atomic E-state index is 0.241. The molecule has 5 heteroatoms. The molecule has 0 saturated heterocycles. The summed E-state index contributed by atoms with van der Waals surface area (Å²) in [7, 11) is 2.73. The van der Waals surface area contributed by atoms with Crippen LogP contribution in [-0.4, -0.2) is 26.2 Å². The van der Waals surface area contributed by atoms with E-state index >= 15 is 0 Å². The number of esters is 2. The molecule has 2 aromatic carbocycles. The SMILES string of the molecule is COC(=O)c1ccc(OC(=O)c2ccc(C)cc2C)c(OC)c1. The fraction of sp³-hybridized carbons (Fsp3) is 0.222. The zero-order valence-corrected chi connectivity index (χ0v) is 13.5. The number of rotatable bonds is 4. The predicted octanol–water partition coefficient (Wildman–Crippen LogP) is 3.32. The minimum atomic E-state index is -0.490. The topological polar surface area (TPSA) is 61.8 Å². The molecule has 0 heterocycles. The quantitative estimate of drug-likeness (QED) is 0.640. The average Bonchev–Trinajstić information content (AvgIpc) is 2.54. The van der Waals surface area contributed by atoms with Gasteiger partial charge in [-0.2, -0.15) is 0 Å². The van der Waals surface area contributed by atoms with Gasteiger partial charge in [0.2, 0.25) is 0 Å². The number of aryl methyl sites for hydroxylation is 2. The van der Waals surface area contributed by atoms with Gasteiger partial charge in [-0.25, -0.2) is 9.59 Å². The maximum atomic E-state index is 12.3. The normalized spacial score (nSPS) is 10.1. The van der Waals surface area contributed by atoms with Crippen LogP contribution >= 0.6 is 0 Å². The largest absolute Gasteiger partial charge is 0.493 e. The van der Waals surface area contributed by atoms with Crippen LogP contribution in [0.15, 0.2) is 36.4 Å². The average molecular weight is 314 g/mol. The van der Waals surface area contributed by atoms with Crippen molar-refractivity contribution in [2.45, 2.75) is 13.8 Å². The van der Waals surface area contributed by atoms with E-state index in [0.29, 0.717) is 11.1 Å². The number of carbonyl (C=O) groups is 2. The lowest BCUT2D eigenvalue weighted by Crippen LogP contribution is -2.11. The molecule has 0 N–H and O–H groups in total. The Bertz CT molecular complexity index is 749. The standard InChI is InChI=1S/C18H18O5/c1-11-5-7-14(12(2)9-11)18(20)23-15-8-6-13(17(19)22-4)10-16(15)21-3/h5-10H,1-4H3. The first-order valence-electron chi connectivity index (χ1n) is 7.02. The molecule has 0 aromatic heterocycles. The van der Waals surface area contributed by atoms with Crippen LogP contribution in [-0.2, 0) is 4.74 Å². The molecule has 2 aromatic rings.